The van der Waals surface area contributed by atoms with Gasteiger partial charge in [-0.05, 0) is 18.8 Å². The van der Waals surface area contributed by atoms with Crippen LogP contribution in [0.3, 0.4) is 0 Å². The molecule has 1 heteroatoms. The number of hydrogen-bond donors (Lipinski definition) is 0. The van der Waals surface area contributed by atoms with Gasteiger partial charge in [-0.15, -0.1) is 6.58 Å². The van der Waals surface area contributed by atoms with Gasteiger partial charge < -0.3 is 0 Å². The normalized spacial score (nSPS) is 26.7. The third-order valence-corrected chi connectivity index (χ3v) is 1.85. The Labute approximate surface area is 55.8 Å². The highest BCUT2D eigenvalue weighted by atomic mass is 16.1. The molecule has 1 fully saturated rings. The minimum atomic E-state index is 0.432. The van der Waals surface area contributed by atoms with E-state index in [1.54, 1.807) is 0 Å². The van der Waals surface area contributed by atoms with Crippen LogP contribution in [0.5, 0.6) is 0 Å². The van der Waals surface area contributed by atoms with Crippen molar-refractivity contribution in [3.8, 4) is 0 Å². The smallest absolute Gasteiger partial charge is 0.133 e. The standard InChI is InChI=1S/C8H12O/c1-2-3-7-4-5-8(9)6-7/h2,7H,1,3-6H2/t7-/m0/s1. The molecule has 0 N–H and O–H groups in total. The van der Waals surface area contributed by atoms with Crippen LogP contribution in [0.1, 0.15) is 25.7 Å². The summed E-state index contributed by atoms with van der Waals surface area (Å²) in [6.07, 6.45) is 5.62. The van der Waals surface area contributed by atoms with E-state index >= 15 is 0 Å². The van der Waals surface area contributed by atoms with Crippen LogP contribution in [0, 0.1) is 5.92 Å². The van der Waals surface area contributed by atoms with Gasteiger partial charge in [0.25, 0.3) is 0 Å². The van der Waals surface area contributed by atoms with Gasteiger partial charge in [-0.1, -0.05) is 6.08 Å². The highest BCUT2D eigenvalue weighted by Crippen LogP contribution is 2.24. The van der Waals surface area contributed by atoms with Crippen LogP contribution in [-0.4, -0.2) is 5.78 Å². The molecular formula is C8H12O. The Morgan fingerprint density at radius 2 is 2.56 bits per heavy atom. The monoisotopic (exact) mass is 124 g/mol. The summed E-state index contributed by atoms with van der Waals surface area (Å²) in [4.78, 5) is 10.7. The van der Waals surface area contributed by atoms with Crippen molar-refractivity contribution in [3.63, 3.8) is 0 Å². The quantitative estimate of drug-likeness (QED) is 0.514. The Bertz CT molecular complexity index is 127. The predicted octanol–water partition coefficient (Wildman–Crippen LogP) is 1.93. The fourth-order valence-electron chi connectivity index (χ4n) is 1.33. The van der Waals surface area contributed by atoms with E-state index < -0.39 is 0 Å². The molecule has 50 valence electrons. The number of allylic oxidation sites excluding steroid dienone is 1. The molecule has 0 spiro atoms. The molecule has 0 radical (unpaired) electrons. The molecule has 1 rings (SSSR count). The second-order valence-corrected chi connectivity index (χ2v) is 2.67. The molecule has 1 saturated carbocycles. The van der Waals surface area contributed by atoms with Crippen LogP contribution in [-0.2, 0) is 4.79 Å². The predicted molar refractivity (Wildman–Crippen MR) is 37.2 cm³/mol. The number of ketones is 1. The molecule has 1 atom stereocenters. The maximum absolute atomic E-state index is 10.7. The lowest BCUT2D eigenvalue weighted by Crippen LogP contribution is -1.91. The minimum absolute atomic E-state index is 0.432. The summed E-state index contributed by atoms with van der Waals surface area (Å²) < 4.78 is 0. The molecule has 1 nitrogen and oxygen atoms in total. The zero-order valence-corrected chi connectivity index (χ0v) is 5.60. The van der Waals surface area contributed by atoms with E-state index in [1.807, 2.05) is 6.08 Å². The van der Waals surface area contributed by atoms with Crippen molar-refractivity contribution < 1.29 is 4.79 Å². The van der Waals surface area contributed by atoms with Gasteiger partial charge in [-0.25, -0.2) is 0 Å². The maximum Gasteiger partial charge on any atom is 0.133 e. The summed E-state index contributed by atoms with van der Waals surface area (Å²) in [5.41, 5.74) is 0. The Balaban J connectivity index is 2.29. The van der Waals surface area contributed by atoms with Gasteiger partial charge in [0.2, 0.25) is 0 Å². The summed E-state index contributed by atoms with van der Waals surface area (Å²) in [5.74, 6) is 1.05. The topological polar surface area (TPSA) is 17.1 Å². The van der Waals surface area contributed by atoms with Crippen LogP contribution < -0.4 is 0 Å². The summed E-state index contributed by atoms with van der Waals surface area (Å²) >= 11 is 0. The lowest BCUT2D eigenvalue weighted by Gasteiger charge is -1.99. The van der Waals surface area contributed by atoms with Gasteiger partial charge in [0.05, 0.1) is 0 Å². The van der Waals surface area contributed by atoms with Gasteiger partial charge in [-0.3, -0.25) is 4.79 Å². The van der Waals surface area contributed by atoms with E-state index in [0.29, 0.717) is 11.7 Å². The molecule has 0 amide bonds. The van der Waals surface area contributed by atoms with Crippen LogP contribution in [0.25, 0.3) is 0 Å². The molecule has 0 saturated heterocycles. The number of carbonyl (C=O) groups is 1. The summed E-state index contributed by atoms with van der Waals surface area (Å²) in [7, 11) is 0. The molecule has 0 aromatic carbocycles. The van der Waals surface area contributed by atoms with Crippen LogP contribution in [0.2, 0.25) is 0 Å². The molecule has 9 heavy (non-hydrogen) atoms. The largest absolute Gasteiger partial charge is 0.300 e. The zero-order valence-electron chi connectivity index (χ0n) is 5.60. The second-order valence-electron chi connectivity index (χ2n) is 2.67. The molecule has 0 unspecified atom stereocenters. The molecule has 1 aliphatic carbocycles. The first kappa shape index (κ1) is 6.53. The third-order valence-electron chi connectivity index (χ3n) is 1.85. The van der Waals surface area contributed by atoms with Crippen molar-refractivity contribution in [2.45, 2.75) is 25.7 Å². The Morgan fingerprint density at radius 1 is 1.78 bits per heavy atom. The Hall–Kier alpha value is -0.590. The fourth-order valence-corrected chi connectivity index (χ4v) is 1.33. The van der Waals surface area contributed by atoms with Gasteiger partial charge in [-0.2, -0.15) is 0 Å². The molecule has 0 aliphatic heterocycles. The van der Waals surface area contributed by atoms with Crippen molar-refractivity contribution in [3.05, 3.63) is 12.7 Å². The Kier molecular flexibility index (Phi) is 2.04. The minimum Gasteiger partial charge on any atom is -0.300 e. The second kappa shape index (κ2) is 2.81. The van der Waals surface area contributed by atoms with Gasteiger partial charge >= 0.3 is 0 Å². The first-order chi connectivity index (χ1) is 4.33. The highest BCUT2D eigenvalue weighted by molar-refractivity contribution is 5.80. The molecule has 0 heterocycles. The van der Waals surface area contributed by atoms with Crippen LogP contribution in [0.15, 0.2) is 12.7 Å². The van der Waals surface area contributed by atoms with E-state index in [-0.39, 0.29) is 0 Å². The Morgan fingerprint density at radius 3 is 3.00 bits per heavy atom. The van der Waals surface area contributed by atoms with Gasteiger partial charge in [0, 0.05) is 12.8 Å². The molecular weight excluding hydrogens is 112 g/mol. The lowest BCUT2D eigenvalue weighted by molar-refractivity contribution is -0.117. The van der Waals surface area contributed by atoms with Crippen molar-refractivity contribution in [1.29, 1.82) is 0 Å². The number of hydrogen-bond acceptors (Lipinski definition) is 1. The molecule has 1 aliphatic rings. The zero-order chi connectivity index (χ0) is 6.69. The SMILES string of the molecule is C=CC[C@H]1CCC(=O)C1. The lowest BCUT2D eigenvalue weighted by atomic mass is 10.1. The molecule has 0 bridgehead atoms. The first-order valence-corrected chi connectivity index (χ1v) is 3.45. The van der Waals surface area contributed by atoms with Gasteiger partial charge in [0.15, 0.2) is 0 Å². The number of Topliss-reactive ketones (excluding diaryl/α,β-unsaturated/α-hetero) is 1. The van der Waals surface area contributed by atoms with Gasteiger partial charge in [0.1, 0.15) is 5.78 Å². The van der Waals surface area contributed by atoms with Crippen LogP contribution >= 0.6 is 0 Å². The van der Waals surface area contributed by atoms with E-state index in [1.165, 1.54) is 0 Å². The molecule has 0 aromatic heterocycles. The third kappa shape index (κ3) is 1.67. The first-order valence-electron chi connectivity index (χ1n) is 3.45. The van der Waals surface area contributed by atoms with Crippen LogP contribution in [0.4, 0.5) is 0 Å². The van der Waals surface area contributed by atoms with E-state index in [4.69, 9.17) is 0 Å². The van der Waals surface area contributed by atoms with Crippen molar-refractivity contribution in [2.24, 2.45) is 5.92 Å². The summed E-state index contributed by atoms with van der Waals surface area (Å²) in [5, 5.41) is 0. The number of carbonyl (C=O) groups excluding carboxylic acids is 1. The number of rotatable bonds is 2. The average Bonchev–Trinajstić information content (AvgIpc) is 2.17. The summed E-state index contributed by atoms with van der Waals surface area (Å²) in [6.45, 7) is 3.64. The highest BCUT2D eigenvalue weighted by Gasteiger charge is 2.19. The van der Waals surface area contributed by atoms with E-state index in [0.717, 1.165) is 25.7 Å². The average molecular weight is 124 g/mol. The summed E-state index contributed by atoms with van der Waals surface area (Å²) in [6, 6.07) is 0. The maximum atomic E-state index is 10.7. The van der Waals surface area contributed by atoms with E-state index in [9.17, 15) is 4.79 Å². The van der Waals surface area contributed by atoms with E-state index in [2.05, 4.69) is 6.58 Å². The van der Waals surface area contributed by atoms with Crippen molar-refractivity contribution >= 4 is 5.78 Å². The van der Waals surface area contributed by atoms with Crippen molar-refractivity contribution in [2.75, 3.05) is 0 Å². The van der Waals surface area contributed by atoms with Crippen molar-refractivity contribution in [1.82, 2.24) is 0 Å². The molecule has 0 aromatic rings. The fraction of sp³-hybridized carbons (Fsp3) is 0.625.